The van der Waals surface area contributed by atoms with E-state index in [1.165, 1.54) is 0 Å². The number of methoxy groups -OCH3 is 2. The maximum Gasteiger partial charge on any atom is 0.205 e. The molecule has 110 valence electrons. The van der Waals surface area contributed by atoms with E-state index in [-0.39, 0.29) is 0 Å². The Balaban J connectivity index is 1.99. The largest absolute Gasteiger partial charge is 0.495 e. The minimum absolute atomic E-state index is 0.515. The Labute approximate surface area is 123 Å². The lowest BCUT2D eigenvalue weighted by atomic mass is 10.2. The van der Waals surface area contributed by atoms with Crippen molar-refractivity contribution in [2.45, 2.75) is 0 Å². The summed E-state index contributed by atoms with van der Waals surface area (Å²) >= 11 is 0. The average Bonchev–Trinajstić information content (AvgIpc) is 2.55. The Hall–Kier alpha value is -2.56. The summed E-state index contributed by atoms with van der Waals surface area (Å²) in [5.41, 5.74) is 1.68. The fourth-order valence-corrected chi connectivity index (χ4v) is 2.26. The Morgan fingerprint density at radius 1 is 0.810 bits per heavy atom. The van der Waals surface area contributed by atoms with Crippen LogP contribution in [-0.4, -0.2) is 27.4 Å². The zero-order chi connectivity index (χ0) is 14.7. The third-order valence-corrected chi connectivity index (χ3v) is 3.25. The summed E-state index contributed by atoms with van der Waals surface area (Å²) in [7, 11) is 3.25. The molecule has 0 saturated carbocycles. The lowest BCUT2D eigenvalue weighted by Crippen LogP contribution is -2.17. The van der Waals surface area contributed by atoms with Crippen LogP contribution in [-0.2, 0) is 0 Å². The molecule has 0 radical (unpaired) electrons. The molecule has 0 amide bonds. The highest BCUT2D eigenvalue weighted by atomic mass is 16.6. The van der Waals surface area contributed by atoms with E-state index in [4.69, 9.17) is 18.9 Å². The number of benzene rings is 2. The number of para-hydroxylation sites is 2. The second-order valence-electron chi connectivity index (χ2n) is 4.50. The van der Waals surface area contributed by atoms with Crippen molar-refractivity contribution >= 4 is 11.4 Å². The highest BCUT2D eigenvalue weighted by Crippen LogP contribution is 2.46. The summed E-state index contributed by atoms with van der Waals surface area (Å²) < 4.78 is 22.0. The molecule has 1 heterocycles. The number of ether oxygens (including phenoxy) is 4. The van der Waals surface area contributed by atoms with E-state index >= 15 is 0 Å². The maximum atomic E-state index is 5.73. The van der Waals surface area contributed by atoms with Crippen LogP contribution in [0.3, 0.4) is 0 Å². The van der Waals surface area contributed by atoms with Gasteiger partial charge in [0.25, 0.3) is 0 Å². The quantitative estimate of drug-likeness (QED) is 0.935. The molecule has 0 unspecified atom stereocenters. The third-order valence-electron chi connectivity index (χ3n) is 3.25. The van der Waals surface area contributed by atoms with Gasteiger partial charge in [-0.2, -0.15) is 0 Å². The fraction of sp³-hybridized carbons (Fsp3) is 0.250. The highest BCUT2D eigenvalue weighted by molar-refractivity contribution is 5.75. The van der Waals surface area contributed by atoms with Gasteiger partial charge in [0.2, 0.25) is 5.75 Å². The van der Waals surface area contributed by atoms with Gasteiger partial charge < -0.3 is 24.3 Å². The van der Waals surface area contributed by atoms with Crippen LogP contribution in [0.1, 0.15) is 0 Å². The van der Waals surface area contributed by atoms with Crippen molar-refractivity contribution in [2.24, 2.45) is 0 Å². The van der Waals surface area contributed by atoms with Gasteiger partial charge in [0.1, 0.15) is 19.0 Å². The lowest BCUT2D eigenvalue weighted by Gasteiger charge is -2.23. The SMILES string of the molecule is COc1ccccc1Nc1ccc(OC)c2c1OCCO2. The summed E-state index contributed by atoms with van der Waals surface area (Å²) in [6.07, 6.45) is 0. The molecule has 1 aliphatic heterocycles. The van der Waals surface area contributed by atoms with Crippen LogP contribution in [0.25, 0.3) is 0 Å². The van der Waals surface area contributed by atoms with Gasteiger partial charge in [-0.25, -0.2) is 0 Å². The van der Waals surface area contributed by atoms with E-state index in [1.54, 1.807) is 14.2 Å². The van der Waals surface area contributed by atoms with Gasteiger partial charge in [0.15, 0.2) is 11.5 Å². The summed E-state index contributed by atoms with van der Waals surface area (Å²) in [6, 6.07) is 11.5. The van der Waals surface area contributed by atoms with Crippen LogP contribution < -0.4 is 24.3 Å². The van der Waals surface area contributed by atoms with Crippen LogP contribution in [0, 0.1) is 0 Å². The van der Waals surface area contributed by atoms with Crippen molar-refractivity contribution in [1.82, 2.24) is 0 Å². The van der Waals surface area contributed by atoms with Crippen LogP contribution >= 0.6 is 0 Å². The van der Waals surface area contributed by atoms with Crippen LogP contribution in [0.2, 0.25) is 0 Å². The minimum Gasteiger partial charge on any atom is -0.495 e. The van der Waals surface area contributed by atoms with Gasteiger partial charge in [0, 0.05) is 0 Å². The molecule has 0 bridgehead atoms. The molecule has 0 fully saturated rings. The topological polar surface area (TPSA) is 49.0 Å². The average molecular weight is 287 g/mol. The fourth-order valence-electron chi connectivity index (χ4n) is 2.26. The standard InChI is InChI=1S/C16H17NO4/c1-18-13-6-4-3-5-11(13)17-12-7-8-14(19-2)16-15(12)20-9-10-21-16/h3-8,17H,9-10H2,1-2H3. The van der Waals surface area contributed by atoms with E-state index in [0.717, 1.165) is 17.1 Å². The highest BCUT2D eigenvalue weighted by Gasteiger charge is 2.21. The van der Waals surface area contributed by atoms with Gasteiger partial charge in [-0.05, 0) is 24.3 Å². The predicted molar refractivity (Wildman–Crippen MR) is 80.3 cm³/mol. The minimum atomic E-state index is 0.515. The second-order valence-corrected chi connectivity index (χ2v) is 4.50. The van der Waals surface area contributed by atoms with Crippen molar-refractivity contribution in [2.75, 3.05) is 32.8 Å². The molecule has 0 aliphatic carbocycles. The number of rotatable bonds is 4. The normalized spacial score (nSPS) is 12.7. The molecule has 2 aromatic rings. The molecule has 0 aromatic heterocycles. The van der Waals surface area contributed by atoms with Gasteiger partial charge in [-0.15, -0.1) is 0 Å². The van der Waals surface area contributed by atoms with E-state index < -0.39 is 0 Å². The third kappa shape index (κ3) is 2.54. The molecular formula is C16H17NO4. The van der Waals surface area contributed by atoms with Crippen molar-refractivity contribution in [1.29, 1.82) is 0 Å². The zero-order valence-electron chi connectivity index (χ0n) is 12.0. The molecule has 5 heteroatoms. The molecule has 1 N–H and O–H groups in total. The van der Waals surface area contributed by atoms with Crippen LogP contribution in [0.15, 0.2) is 36.4 Å². The first-order valence-electron chi connectivity index (χ1n) is 6.70. The van der Waals surface area contributed by atoms with Gasteiger partial charge in [0.05, 0.1) is 25.6 Å². The summed E-state index contributed by atoms with van der Waals surface area (Å²) in [6.45, 7) is 1.03. The van der Waals surface area contributed by atoms with Gasteiger partial charge in [-0.1, -0.05) is 12.1 Å². The van der Waals surface area contributed by atoms with Crippen molar-refractivity contribution < 1.29 is 18.9 Å². The monoisotopic (exact) mass is 287 g/mol. The first-order chi connectivity index (χ1) is 10.3. The molecular weight excluding hydrogens is 270 g/mol. The summed E-state index contributed by atoms with van der Waals surface area (Å²) in [5, 5.41) is 3.32. The van der Waals surface area contributed by atoms with E-state index in [0.29, 0.717) is 30.5 Å². The number of hydrogen-bond acceptors (Lipinski definition) is 5. The summed E-state index contributed by atoms with van der Waals surface area (Å²) in [4.78, 5) is 0. The first-order valence-corrected chi connectivity index (χ1v) is 6.70. The number of anilines is 2. The van der Waals surface area contributed by atoms with E-state index in [1.807, 2.05) is 36.4 Å². The molecule has 5 nitrogen and oxygen atoms in total. The zero-order valence-corrected chi connectivity index (χ0v) is 12.0. The number of fused-ring (bicyclic) bond motifs is 1. The molecule has 0 spiro atoms. The molecule has 0 atom stereocenters. The molecule has 1 aliphatic rings. The maximum absolute atomic E-state index is 5.73. The Bertz CT molecular complexity index is 642. The Morgan fingerprint density at radius 2 is 1.52 bits per heavy atom. The number of nitrogens with one attached hydrogen (secondary N) is 1. The molecule has 0 saturated heterocycles. The van der Waals surface area contributed by atoms with Crippen molar-refractivity contribution in [3.63, 3.8) is 0 Å². The van der Waals surface area contributed by atoms with E-state index in [9.17, 15) is 0 Å². The van der Waals surface area contributed by atoms with Gasteiger partial charge in [-0.3, -0.25) is 0 Å². The Kier molecular flexibility index (Phi) is 3.73. The second kappa shape index (κ2) is 5.83. The molecule has 2 aromatic carbocycles. The summed E-state index contributed by atoms with van der Waals surface area (Å²) in [5.74, 6) is 2.71. The van der Waals surface area contributed by atoms with Crippen molar-refractivity contribution in [3.8, 4) is 23.0 Å². The van der Waals surface area contributed by atoms with Crippen LogP contribution in [0.5, 0.6) is 23.0 Å². The Morgan fingerprint density at radius 3 is 2.29 bits per heavy atom. The first kappa shape index (κ1) is 13.4. The lowest BCUT2D eigenvalue weighted by molar-refractivity contribution is 0.166. The van der Waals surface area contributed by atoms with Gasteiger partial charge >= 0.3 is 0 Å². The van der Waals surface area contributed by atoms with Crippen LogP contribution in [0.4, 0.5) is 11.4 Å². The number of hydrogen-bond donors (Lipinski definition) is 1. The van der Waals surface area contributed by atoms with E-state index in [2.05, 4.69) is 5.32 Å². The predicted octanol–water partition coefficient (Wildman–Crippen LogP) is 3.22. The smallest absolute Gasteiger partial charge is 0.205 e. The molecule has 3 rings (SSSR count). The van der Waals surface area contributed by atoms with Crippen molar-refractivity contribution in [3.05, 3.63) is 36.4 Å². The molecule has 21 heavy (non-hydrogen) atoms.